The van der Waals surface area contributed by atoms with Crippen molar-refractivity contribution in [3.63, 3.8) is 0 Å². The van der Waals surface area contributed by atoms with Gasteiger partial charge < -0.3 is 0 Å². The van der Waals surface area contributed by atoms with Gasteiger partial charge in [-0.1, -0.05) is 182 Å². The molecular formula is C36H30CdI2P2. The zero-order valence-corrected chi connectivity index (χ0v) is 32.8. The molecule has 0 aliphatic heterocycles. The Morgan fingerprint density at radius 2 is 0.390 bits per heavy atom. The maximum absolute atomic E-state index is 2.49. The average Bonchev–Trinajstić information content (AvgIpc) is 3.05. The summed E-state index contributed by atoms with van der Waals surface area (Å²) in [5, 5.41) is 8.39. The third kappa shape index (κ3) is 10.4. The predicted octanol–water partition coefficient (Wildman–Crippen LogP) is 8.66. The van der Waals surface area contributed by atoms with Crippen molar-refractivity contribution in [3.8, 4) is 0 Å². The molecule has 0 fully saturated rings. The zero-order valence-electron chi connectivity index (χ0n) is 22.7. The molecular weight excluding hydrogens is 861 g/mol. The molecule has 0 unspecified atom stereocenters. The second kappa shape index (κ2) is 19.0. The Hall–Kier alpha value is -1.44. The second-order valence-corrected chi connectivity index (χ2v) is 43.6. The molecule has 0 saturated heterocycles. The summed E-state index contributed by atoms with van der Waals surface area (Å²) in [6.07, 6.45) is 0. The van der Waals surface area contributed by atoms with Gasteiger partial charge in [-0.15, -0.1) is 0 Å². The monoisotopic (exact) mass is 892 g/mol. The van der Waals surface area contributed by atoms with E-state index in [1.807, 2.05) is 0 Å². The third-order valence-electron chi connectivity index (χ3n) is 6.09. The molecule has 6 rings (SSSR count). The molecule has 5 heteroatoms. The summed E-state index contributed by atoms with van der Waals surface area (Å²) >= 11 is 4.90. The van der Waals surface area contributed by atoms with E-state index in [4.69, 9.17) is 0 Å². The molecule has 0 atom stereocenters. The molecule has 0 aromatic heterocycles. The number of hydrogen-bond donors (Lipinski definition) is 0. The Morgan fingerprint density at radius 1 is 0.268 bits per heavy atom. The van der Waals surface area contributed by atoms with Gasteiger partial charge in [-0.25, -0.2) is 0 Å². The first-order valence-corrected chi connectivity index (χ1v) is 39.5. The van der Waals surface area contributed by atoms with Gasteiger partial charge in [0, 0.05) is 0 Å². The third-order valence-corrected chi connectivity index (χ3v) is 11.0. The quantitative estimate of drug-likeness (QED) is 0.0894. The zero-order chi connectivity index (χ0) is 28.5. The predicted molar refractivity (Wildman–Crippen MR) is 198 cm³/mol. The second-order valence-electron chi connectivity index (χ2n) is 8.79. The minimum Gasteiger partial charge on any atom is -0.0622 e. The van der Waals surface area contributed by atoms with Crippen molar-refractivity contribution in [1.29, 1.82) is 0 Å². The van der Waals surface area contributed by atoms with Crippen LogP contribution in [0, 0.1) is 0 Å². The van der Waals surface area contributed by atoms with Crippen molar-refractivity contribution < 1.29 is 15.6 Å². The Balaban J connectivity index is 0.000000173. The van der Waals surface area contributed by atoms with E-state index in [1.165, 1.54) is 31.8 Å². The van der Waals surface area contributed by atoms with E-state index in [0.29, 0.717) is 0 Å². The molecule has 41 heavy (non-hydrogen) atoms. The van der Waals surface area contributed by atoms with Gasteiger partial charge in [0.15, 0.2) is 0 Å². The Labute approximate surface area is 277 Å². The fourth-order valence-corrected chi connectivity index (χ4v) is 8.97. The van der Waals surface area contributed by atoms with Crippen LogP contribution in [0.1, 0.15) is 0 Å². The van der Waals surface area contributed by atoms with Crippen LogP contribution in [0.25, 0.3) is 0 Å². The van der Waals surface area contributed by atoms with Crippen LogP contribution in [0.15, 0.2) is 182 Å². The van der Waals surface area contributed by atoms with Crippen molar-refractivity contribution in [2.45, 2.75) is 0 Å². The van der Waals surface area contributed by atoms with E-state index in [-0.39, 0.29) is 15.6 Å². The molecule has 0 aliphatic carbocycles. The Bertz CT molecular complexity index is 1200. The summed E-state index contributed by atoms with van der Waals surface area (Å²) in [6.45, 7) is 0. The maximum atomic E-state index is 2.49. The summed E-state index contributed by atoms with van der Waals surface area (Å²) in [4.78, 5) is 0. The number of rotatable bonds is 6. The fourth-order valence-electron chi connectivity index (χ4n) is 4.36. The van der Waals surface area contributed by atoms with Crippen LogP contribution in [0.4, 0.5) is 0 Å². The van der Waals surface area contributed by atoms with Crippen molar-refractivity contribution >= 4 is 83.2 Å². The van der Waals surface area contributed by atoms with Gasteiger partial charge in [-0.3, -0.25) is 0 Å². The van der Waals surface area contributed by atoms with Gasteiger partial charge in [-0.2, -0.15) is 0 Å². The summed E-state index contributed by atoms with van der Waals surface area (Å²) in [7, 11) is -0.892. The number of benzene rings is 6. The number of hydrogen-bond acceptors (Lipinski definition) is 0. The Morgan fingerprint density at radius 3 is 0.512 bits per heavy atom. The molecule has 0 nitrogen and oxygen atoms in total. The van der Waals surface area contributed by atoms with Crippen molar-refractivity contribution in [1.82, 2.24) is 0 Å². The van der Waals surface area contributed by atoms with E-state index in [0.717, 1.165) is 0 Å². The summed E-state index contributed by atoms with van der Waals surface area (Å²) in [5.74, 6) is 0. The number of halogens is 2. The maximum Gasteiger partial charge on any atom is -0.0134 e. The minimum atomic E-state index is -0.446. The molecule has 0 spiro atoms. The van der Waals surface area contributed by atoms with Gasteiger partial charge in [0.1, 0.15) is 0 Å². The van der Waals surface area contributed by atoms with Crippen molar-refractivity contribution in [2.24, 2.45) is 0 Å². The van der Waals surface area contributed by atoms with Crippen LogP contribution in [-0.2, 0) is 15.6 Å². The van der Waals surface area contributed by atoms with Crippen LogP contribution < -0.4 is 31.8 Å². The minimum absolute atomic E-state index is 0.0700. The van der Waals surface area contributed by atoms with Gasteiger partial charge >= 0.3 is 51.2 Å². The van der Waals surface area contributed by atoms with Crippen LogP contribution in [0.2, 0.25) is 0 Å². The smallest absolute Gasteiger partial charge is 0.0134 e. The summed E-state index contributed by atoms with van der Waals surface area (Å²) in [6, 6.07) is 64.7. The molecule has 0 amide bonds. The molecule has 0 bridgehead atoms. The first kappa shape index (κ1) is 32.5. The van der Waals surface area contributed by atoms with E-state index < -0.39 is 15.8 Å². The van der Waals surface area contributed by atoms with Gasteiger partial charge in [0.25, 0.3) is 0 Å². The van der Waals surface area contributed by atoms with Gasteiger partial charge in [0.05, 0.1) is 0 Å². The Kier molecular flexibility index (Phi) is 15.0. The average molecular weight is 891 g/mol. The van der Waals surface area contributed by atoms with Crippen LogP contribution in [-0.4, -0.2) is 0 Å². The normalized spacial score (nSPS) is 10.0. The topological polar surface area (TPSA) is 0 Å². The molecule has 6 aromatic rings. The van der Waals surface area contributed by atoms with Crippen molar-refractivity contribution in [2.75, 3.05) is 0 Å². The van der Waals surface area contributed by atoms with E-state index >= 15 is 0 Å². The van der Waals surface area contributed by atoms with Crippen LogP contribution >= 0.6 is 51.4 Å². The molecule has 0 N–H and O–H groups in total. The standard InChI is InChI=1S/2C18H15P.Cd.2HI/c2*1-4-10-16(11-5-1)19(17-12-6-2-7-13-17)18-14-8-3-9-15-18;;;/h2*1-15H;;2*1H/q;;+2;;/p-2. The SMILES string of the molecule is [I][Cd][I].c1ccc(P(c2ccccc2)c2ccccc2)cc1.c1ccc(P(c2ccccc2)c2ccccc2)cc1. The van der Waals surface area contributed by atoms with Gasteiger partial charge in [0.2, 0.25) is 0 Å². The molecule has 6 aromatic carbocycles. The van der Waals surface area contributed by atoms with Crippen LogP contribution in [0.3, 0.4) is 0 Å². The summed E-state index contributed by atoms with van der Waals surface area (Å²) < 4.78 is 0. The van der Waals surface area contributed by atoms with Crippen molar-refractivity contribution in [3.05, 3.63) is 182 Å². The van der Waals surface area contributed by atoms with Gasteiger partial charge in [-0.05, 0) is 47.7 Å². The first-order chi connectivity index (χ1) is 20.3. The molecule has 0 radical (unpaired) electrons. The fraction of sp³-hybridized carbons (Fsp3) is 0. The van der Waals surface area contributed by atoms with E-state index in [1.54, 1.807) is 0 Å². The van der Waals surface area contributed by atoms with E-state index in [2.05, 4.69) is 218 Å². The van der Waals surface area contributed by atoms with E-state index in [9.17, 15) is 0 Å². The molecule has 0 heterocycles. The first-order valence-electron chi connectivity index (χ1n) is 13.3. The largest absolute Gasteiger partial charge is 0.0622 e. The molecule has 0 saturated carbocycles. The summed E-state index contributed by atoms with van der Waals surface area (Å²) in [5.41, 5.74) is 0. The van der Waals surface area contributed by atoms with Crippen LogP contribution in [0.5, 0.6) is 0 Å². The molecule has 200 valence electrons. The molecule has 0 aliphatic rings.